The number of aryl methyl sites for hydroxylation is 3. The van der Waals surface area contributed by atoms with Gasteiger partial charge < -0.3 is 9.52 Å². The Morgan fingerprint density at radius 1 is 1.56 bits per heavy atom. The van der Waals surface area contributed by atoms with Gasteiger partial charge in [-0.25, -0.2) is 0 Å². The molecule has 2 aromatic heterocycles. The predicted molar refractivity (Wildman–Crippen MR) is 72.4 cm³/mol. The minimum Gasteiger partial charge on any atom is -0.469 e. The molecule has 0 amide bonds. The van der Waals surface area contributed by atoms with Crippen LogP contribution in [0.15, 0.2) is 21.2 Å². The Morgan fingerprint density at radius 2 is 2.28 bits per heavy atom. The molecule has 0 saturated carbocycles. The normalized spacial score (nSPS) is 12.9. The number of rotatable bonds is 4. The fraction of sp³-hybridized carbons (Fsp3) is 0.462. The number of nitrogens with zero attached hydrogens (tertiary/aromatic N) is 2. The van der Waals surface area contributed by atoms with Crippen molar-refractivity contribution >= 4 is 15.9 Å². The Hall–Kier alpha value is -1.07. The van der Waals surface area contributed by atoms with Crippen LogP contribution in [0.5, 0.6) is 0 Å². The van der Waals surface area contributed by atoms with Gasteiger partial charge in [0.2, 0.25) is 0 Å². The van der Waals surface area contributed by atoms with Crippen LogP contribution < -0.4 is 0 Å². The second kappa shape index (κ2) is 5.28. The first-order chi connectivity index (χ1) is 8.54. The molecule has 1 N–H and O–H groups in total. The summed E-state index contributed by atoms with van der Waals surface area (Å²) in [5.41, 5.74) is 2.79. The summed E-state index contributed by atoms with van der Waals surface area (Å²) in [6, 6.07) is 1.83. The zero-order chi connectivity index (χ0) is 13.3. The third-order valence-corrected chi connectivity index (χ3v) is 4.14. The zero-order valence-electron chi connectivity index (χ0n) is 10.8. The maximum Gasteiger partial charge on any atom is 0.109 e. The summed E-state index contributed by atoms with van der Waals surface area (Å²) < 4.78 is 8.11. The van der Waals surface area contributed by atoms with Crippen molar-refractivity contribution in [1.82, 2.24) is 9.78 Å². The molecule has 2 rings (SSSR count). The second-order valence-electron chi connectivity index (χ2n) is 4.34. The van der Waals surface area contributed by atoms with Crippen molar-refractivity contribution in [3.05, 3.63) is 39.5 Å². The average Bonchev–Trinajstić information content (AvgIpc) is 2.90. The van der Waals surface area contributed by atoms with Crippen molar-refractivity contribution in [2.75, 3.05) is 0 Å². The van der Waals surface area contributed by atoms with Gasteiger partial charge in [-0.3, -0.25) is 4.68 Å². The van der Waals surface area contributed by atoms with Crippen LogP contribution in [0.1, 0.15) is 35.7 Å². The van der Waals surface area contributed by atoms with Crippen LogP contribution in [0.25, 0.3) is 0 Å². The van der Waals surface area contributed by atoms with E-state index in [4.69, 9.17) is 4.42 Å². The highest BCUT2D eigenvalue weighted by molar-refractivity contribution is 9.10. The van der Waals surface area contributed by atoms with E-state index in [0.29, 0.717) is 6.42 Å². The molecule has 2 heterocycles. The van der Waals surface area contributed by atoms with Gasteiger partial charge in [0.25, 0.3) is 0 Å². The third-order valence-electron chi connectivity index (χ3n) is 3.11. The maximum absolute atomic E-state index is 10.3. The zero-order valence-corrected chi connectivity index (χ0v) is 12.4. The number of aliphatic hydroxyl groups excluding tert-OH is 1. The molecule has 0 aromatic carbocycles. The van der Waals surface area contributed by atoms with Gasteiger partial charge in [0.15, 0.2) is 0 Å². The molecule has 4 nitrogen and oxygen atoms in total. The van der Waals surface area contributed by atoms with Gasteiger partial charge in [-0.15, -0.1) is 0 Å². The van der Waals surface area contributed by atoms with Crippen LogP contribution in [0.3, 0.4) is 0 Å². The SMILES string of the molecule is CCc1occc1C(O)Cc1c(Br)c(C)nn1C. The lowest BCUT2D eigenvalue weighted by Gasteiger charge is -2.11. The summed E-state index contributed by atoms with van der Waals surface area (Å²) in [7, 11) is 1.88. The lowest BCUT2D eigenvalue weighted by atomic mass is 10.0. The molecule has 0 spiro atoms. The van der Waals surface area contributed by atoms with E-state index in [2.05, 4.69) is 21.0 Å². The van der Waals surface area contributed by atoms with Gasteiger partial charge in [0.05, 0.1) is 28.2 Å². The van der Waals surface area contributed by atoms with Gasteiger partial charge in [0, 0.05) is 25.5 Å². The Morgan fingerprint density at radius 3 is 2.83 bits per heavy atom. The highest BCUT2D eigenvalue weighted by Gasteiger charge is 2.19. The first-order valence-corrected chi connectivity index (χ1v) is 6.76. The van der Waals surface area contributed by atoms with E-state index in [0.717, 1.165) is 33.6 Å². The summed E-state index contributed by atoms with van der Waals surface area (Å²) in [5, 5.41) is 14.6. The standard InChI is InChI=1S/C13H17BrN2O2/c1-4-12-9(5-6-18-12)11(17)7-10-13(14)8(2)15-16(10)3/h5-6,11,17H,4,7H2,1-3H3. The van der Waals surface area contributed by atoms with E-state index in [-0.39, 0.29) is 0 Å². The van der Waals surface area contributed by atoms with Crippen molar-refractivity contribution in [2.45, 2.75) is 32.8 Å². The van der Waals surface area contributed by atoms with E-state index < -0.39 is 6.10 Å². The van der Waals surface area contributed by atoms with Crippen molar-refractivity contribution < 1.29 is 9.52 Å². The summed E-state index contributed by atoms with van der Waals surface area (Å²) in [4.78, 5) is 0. The molecule has 0 aliphatic rings. The van der Waals surface area contributed by atoms with E-state index in [1.165, 1.54) is 0 Å². The van der Waals surface area contributed by atoms with Gasteiger partial charge in [-0.1, -0.05) is 6.92 Å². The maximum atomic E-state index is 10.3. The van der Waals surface area contributed by atoms with Gasteiger partial charge in [-0.05, 0) is 28.9 Å². The molecule has 0 radical (unpaired) electrons. The topological polar surface area (TPSA) is 51.2 Å². The van der Waals surface area contributed by atoms with Crippen molar-refractivity contribution in [2.24, 2.45) is 7.05 Å². The average molecular weight is 313 g/mol. The number of furan rings is 1. The quantitative estimate of drug-likeness (QED) is 0.944. The minimum atomic E-state index is -0.565. The molecule has 5 heteroatoms. The van der Waals surface area contributed by atoms with Crippen LogP contribution in [-0.2, 0) is 19.9 Å². The molecule has 1 unspecified atom stereocenters. The highest BCUT2D eigenvalue weighted by atomic mass is 79.9. The van der Waals surface area contributed by atoms with E-state index in [1.807, 2.05) is 27.0 Å². The monoisotopic (exact) mass is 312 g/mol. The lowest BCUT2D eigenvalue weighted by Crippen LogP contribution is -2.07. The first kappa shape index (κ1) is 13.4. The predicted octanol–water partition coefficient (Wildman–Crippen LogP) is 2.92. The lowest BCUT2D eigenvalue weighted by molar-refractivity contribution is 0.173. The number of aromatic nitrogens is 2. The van der Waals surface area contributed by atoms with Gasteiger partial charge >= 0.3 is 0 Å². The molecule has 0 fully saturated rings. The summed E-state index contributed by atoms with van der Waals surface area (Å²) in [5.74, 6) is 0.845. The summed E-state index contributed by atoms with van der Waals surface area (Å²) >= 11 is 3.51. The Bertz CT molecular complexity index is 545. The number of aliphatic hydroxyl groups is 1. The molecule has 0 aliphatic heterocycles. The summed E-state index contributed by atoms with van der Waals surface area (Å²) in [6.07, 6.45) is 2.36. The van der Waals surface area contributed by atoms with E-state index in [9.17, 15) is 5.11 Å². The Balaban J connectivity index is 2.24. The number of halogens is 1. The fourth-order valence-corrected chi connectivity index (χ4v) is 2.63. The first-order valence-electron chi connectivity index (χ1n) is 5.96. The van der Waals surface area contributed by atoms with Crippen molar-refractivity contribution in [3.63, 3.8) is 0 Å². The number of hydrogen-bond acceptors (Lipinski definition) is 3. The third kappa shape index (κ3) is 2.37. The summed E-state index contributed by atoms with van der Waals surface area (Å²) in [6.45, 7) is 3.95. The van der Waals surface area contributed by atoms with Gasteiger partial charge in [0.1, 0.15) is 5.76 Å². The largest absolute Gasteiger partial charge is 0.469 e. The molecule has 0 saturated heterocycles. The van der Waals surface area contributed by atoms with Crippen molar-refractivity contribution in [3.8, 4) is 0 Å². The molecule has 18 heavy (non-hydrogen) atoms. The van der Waals surface area contributed by atoms with Crippen LogP contribution in [0.4, 0.5) is 0 Å². The fourth-order valence-electron chi connectivity index (χ4n) is 2.13. The van der Waals surface area contributed by atoms with E-state index >= 15 is 0 Å². The second-order valence-corrected chi connectivity index (χ2v) is 5.14. The van der Waals surface area contributed by atoms with Gasteiger partial charge in [-0.2, -0.15) is 5.10 Å². The van der Waals surface area contributed by atoms with Crippen LogP contribution in [0.2, 0.25) is 0 Å². The molecular formula is C13H17BrN2O2. The molecular weight excluding hydrogens is 296 g/mol. The van der Waals surface area contributed by atoms with Crippen LogP contribution >= 0.6 is 15.9 Å². The molecule has 98 valence electrons. The van der Waals surface area contributed by atoms with Crippen LogP contribution in [-0.4, -0.2) is 14.9 Å². The van der Waals surface area contributed by atoms with E-state index in [1.54, 1.807) is 10.9 Å². The Labute approximate surface area is 115 Å². The molecule has 0 aliphatic carbocycles. The van der Waals surface area contributed by atoms with Crippen LogP contribution in [0, 0.1) is 6.92 Å². The molecule has 1 atom stereocenters. The van der Waals surface area contributed by atoms with Crippen molar-refractivity contribution in [1.29, 1.82) is 0 Å². The minimum absolute atomic E-state index is 0.518. The smallest absolute Gasteiger partial charge is 0.109 e. The molecule has 2 aromatic rings. The Kier molecular flexibility index (Phi) is 3.92. The molecule has 0 bridgehead atoms. The number of hydrogen-bond donors (Lipinski definition) is 1. The highest BCUT2D eigenvalue weighted by Crippen LogP contribution is 2.28.